The second kappa shape index (κ2) is 12.7. The van der Waals surface area contributed by atoms with Crippen molar-refractivity contribution in [1.82, 2.24) is 0 Å². The first-order valence-corrected chi connectivity index (χ1v) is 11.0. The molecule has 1 rings (SSSR count). The molecular formula is C23H12B5F12N2O2. The summed E-state index contributed by atoms with van der Waals surface area (Å²) in [6.45, 7) is 0.861. The second-order valence-electron chi connectivity index (χ2n) is 8.63. The summed E-state index contributed by atoms with van der Waals surface area (Å²) >= 11 is 0. The molecule has 6 N–H and O–H groups in total. The maximum absolute atomic E-state index is 14.2. The number of hydrogen-bond acceptors (Lipinski definition) is 4. The Hall–Kier alpha value is -3.71. The van der Waals surface area contributed by atoms with Gasteiger partial charge in [-0.3, -0.25) is 0 Å². The van der Waals surface area contributed by atoms with Crippen LogP contribution in [0.1, 0.15) is 18.1 Å². The predicted molar refractivity (Wildman–Crippen MR) is 142 cm³/mol. The summed E-state index contributed by atoms with van der Waals surface area (Å²) < 4.78 is 168. The van der Waals surface area contributed by atoms with Gasteiger partial charge in [-0.15, -0.1) is 0 Å². The molecule has 0 fully saturated rings. The zero-order chi connectivity index (χ0) is 35.1. The van der Waals surface area contributed by atoms with E-state index in [4.69, 9.17) is 56.8 Å². The Balaban J connectivity index is 4.59. The van der Waals surface area contributed by atoms with E-state index in [1.807, 2.05) is 0 Å². The van der Waals surface area contributed by atoms with Crippen molar-refractivity contribution >= 4 is 60.9 Å². The fourth-order valence-electron chi connectivity index (χ4n) is 3.59. The van der Waals surface area contributed by atoms with Crippen LogP contribution >= 0.6 is 0 Å². The number of rotatable bonds is 6. The van der Waals surface area contributed by atoms with E-state index in [9.17, 15) is 62.9 Å². The molecule has 0 heterocycles. The number of halogens is 12. The third-order valence-corrected chi connectivity index (χ3v) is 5.68. The third-order valence-electron chi connectivity index (χ3n) is 5.68. The van der Waals surface area contributed by atoms with E-state index in [1.54, 1.807) is 0 Å². The Morgan fingerprint density at radius 3 is 1.70 bits per heavy atom. The molecule has 0 aliphatic heterocycles. The molecule has 0 atom stereocenters. The number of anilines is 1. The van der Waals surface area contributed by atoms with Crippen molar-refractivity contribution in [3.8, 4) is 18.1 Å². The normalized spacial score (nSPS) is 15.4. The monoisotopic (exact) mass is 631 g/mol. The molecule has 0 aliphatic rings. The van der Waals surface area contributed by atoms with Crippen molar-refractivity contribution in [3.05, 3.63) is 55.8 Å². The summed E-state index contributed by atoms with van der Waals surface area (Å²) in [6, 6.07) is 0. The van der Waals surface area contributed by atoms with Crippen LogP contribution in [0.15, 0.2) is 44.7 Å². The van der Waals surface area contributed by atoms with Gasteiger partial charge in [0.2, 0.25) is 0 Å². The van der Waals surface area contributed by atoms with Gasteiger partial charge in [0.1, 0.15) is 0 Å². The summed E-state index contributed by atoms with van der Waals surface area (Å²) in [6.07, 6.45) is -21.6. The van der Waals surface area contributed by atoms with Gasteiger partial charge in [0.05, 0.1) is 0 Å². The van der Waals surface area contributed by atoms with Gasteiger partial charge in [-0.1, -0.05) is 0 Å². The Bertz CT molecular complexity index is 1540. The number of aromatic hydroxyl groups is 1. The number of alkyl halides is 12. The average molecular weight is 630 g/mol. The predicted octanol–water partition coefficient (Wildman–Crippen LogP) is 2.67. The molecule has 0 bridgehead atoms. The molecular weight excluding hydrogens is 618 g/mol. The van der Waals surface area contributed by atoms with Crippen LogP contribution in [0.4, 0.5) is 58.4 Å². The number of nitrogens with two attached hydrogens (primary N) is 2. The number of aliphatic hydroxyl groups is 1. The van der Waals surface area contributed by atoms with Gasteiger partial charge in [0.15, 0.2) is 0 Å². The first kappa shape index (κ1) is 38.3. The van der Waals surface area contributed by atoms with E-state index < -0.39 is 115 Å². The summed E-state index contributed by atoms with van der Waals surface area (Å²) in [7, 11) is 26.3. The minimum atomic E-state index is -6.18. The first-order chi connectivity index (χ1) is 19.5. The molecule has 0 saturated heterocycles. The van der Waals surface area contributed by atoms with Crippen LogP contribution in [0.3, 0.4) is 0 Å². The quantitative estimate of drug-likeness (QED) is 0.0973. The molecule has 9 radical (unpaired) electrons. The fourth-order valence-corrected chi connectivity index (χ4v) is 3.59. The molecule has 0 aliphatic carbocycles. The van der Waals surface area contributed by atoms with E-state index >= 15 is 0 Å². The molecule has 0 unspecified atom stereocenters. The van der Waals surface area contributed by atoms with Gasteiger partial charge in [-0.25, -0.2) is 0 Å². The number of aliphatic hydroxyl groups excluding tert-OH is 1. The van der Waals surface area contributed by atoms with Crippen molar-refractivity contribution in [2.45, 2.75) is 38.0 Å². The Morgan fingerprint density at radius 2 is 1.36 bits per heavy atom. The van der Waals surface area contributed by atoms with Gasteiger partial charge in [-0.05, 0) is 0 Å². The summed E-state index contributed by atoms with van der Waals surface area (Å²) in [4.78, 5) is 0. The number of phenols is 1. The zero-order valence-corrected chi connectivity index (χ0v) is 21.8. The molecule has 4 nitrogen and oxygen atoms in total. The summed E-state index contributed by atoms with van der Waals surface area (Å²) in [5, 5.41) is 20.7. The number of phenolic OH excluding ortho intramolecular Hbond substituents is 1. The zero-order valence-electron chi connectivity index (χ0n) is 21.8. The van der Waals surface area contributed by atoms with Crippen LogP contribution in [0.2, 0.25) is 0 Å². The molecule has 44 heavy (non-hydrogen) atoms. The van der Waals surface area contributed by atoms with Crippen LogP contribution in [-0.4, -0.2) is 73.1 Å². The standard InChI is InChI=1S/C23H12B5F12N2O2/c1-3-7(20(29,30)31)9(12(25)11(23(38,39)40)14(27)16(41)5(2)24)19(44)8(21(32,33)34)4-6-10(22(35,36)37)13(26)17(42)15(28)18(6)43/h1,43-44H,4,41-42H2,2H3/b9-7+,14-11-,16-5-,19-8-. The number of hydrogen-bond donors (Lipinski definition) is 4. The van der Waals surface area contributed by atoms with Gasteiger partial charge >= 0.3 is 247 Å². The molecule has 0 saturated carbocycles. The van der Waals surface area contributed by atoms with Gasteiger partial charge in [-0.2, -0.15) is 0 Å². The van der Waals surface area contributed by atoms with Gasteiger partial charge in [0.25, 0.3) is 0 Å². The van der Waals surface area contributed by atoms with Crippen LogP contribution in [0.5, 0.6) is 5.75 Å². The molecule has 0 spiro atoms. The van der Waals surface area contributed by atoms with E-state index in [1.165, 1.54) is 0 Å². The molecule has 0 amide bonds. The minimum absolute atomic E-state index is 0.681. The Kier molecular flexibility index (Phi) is 11.1. The topological polar surface area (TPSA) is 92.5 Å². The molecule has 225 valence electrons. The first-order valence-electron chi connectivity index (χ1n) is 11.0. The summed E-state index contributed by atoms with van der Waals surface area (Å²) in [5.41, 5.74) is -14.3. The summed E-state index contributed by atoms with van der Waals surface area (Å²) in [5.74, 6) is -3.92. The molecule has 0 aromatic heterocycles. The number of benzene rings is 1. The molecule has 1 aromatic carbocycles. The van der Waals surface area contributed by atoms with Gasteiger partial charge in [0, 0.05) is 0 Å². The van der Waals surface area contributed by atoms with E-state index in [0.29, 0.717) is 0 Å². The Labute approximate surface area is 247 Å². The van der Waals surface area contributed by atoms with Crippen molar-refractivity contribution in [2.75, 3.05) is 5.73 Å². The van der Waals surface area contributed by atoms with E-state index in [2.05, 4.69) is 0 Å². The number of nitrogen functional groups attached to an aromatic ring is 1. The molecule has 21 heteroatoms. The average Bonchev–Trinajstić information content (AvgIpc) is 2.82. The SMILES string of the molecule is [B]/C(C)=C(N)/C([B])=C(\C(=[B])C(/C(O)=C(\Cc1c(O)c([B])c(N)c([B])c1C(F)(F)F)C(F)(F)F)=C(/C#C)C(F)(F)F)C(F)(F)F. The second-order valence-corrected chi connectivity index (χ2v) is 8.63. The van der Waals surface area contributed by atoms with E-state index in [0.717, 1.165) is 12.8 Å². The van der Waals surface area contributed by atoms with Crippen LogP contribution in [-0.2, 0) is 12.6 Å². The number of terminal acetylenes is 1. The van der Waals surface area contributed by atoms with E-state index in [-0.39, 0.29) is 0 Å². The fraction of sp³-hybridized carbons (Fsp3) is 0.261. The van der Waals surface area contributed by atoms with Crippen molar-refractivity contribution < 1.29 is 62.9 Å². The van der Waals surface area contributed by atoms with Crippen LogP contribution < -0.4 is 22.4 Å². The van der Waals surface area contributed by atoms with Gasteiger partial charge < -0.3 is 0 Å². The van der Waals surface area contributed by atoms with Crippen LogP contribution in [0.25, 0.3) is 0 Å². The molecule has 1 aromatic rings. The van der Waals surface area contributed by atoms with Crippen LogP contribution in [0, 0.1) is 12.3 Å². The van der Waals surface area contributed by atoms with Crippen molar-refractivity contribution in [2.24, 2.45) is 5.73 Å². The number of allylic oxidation sites excluding steroid dienone is 6. The maximum atomic E-state index is 14.2. The third kappa shape index (κ3) is 7.86. The Morgan fingerprint density at radius 1 is 0.886 bits per heavy atom. The van der Waals surface area contributed by atoms with Crippen molar-refractivity contribution in [1.29, 1.82) is 0 Å². The van der Waals surface area contributed by atoms with Crippen molar-refractivity contribution in [3.63, 3.8) is 0 Å².